The van der Waals surface area contributed by atoms with Gasteiger partial charge in [-0.15, -0.1) is 0 Å². The fourth-order valence-electron chi connectivity index (χ4n) is 8.64. The van der Waals surface area contributed by atoms with Crippen LogP contribution in [0.2, 0.25) is 10.0 Å². The minimum Gasteiger partial charge on any atom is -0.352 e. The third-order valence-corrected chi connectivity index (χ3v) is 11.5. The lowest BCUT2D eigenvalue weighted by Gasteiger charge is -2.50. The van der Waals surface area contributed by atoms with E-state index in [0.29, 0.717) is 60.6 Å². The summed E-state index contributed by atoms with van der Waals surface area (Å²) in [5.41, 5.74) is -0.553. The van der Waals surface area contributed by atoms with Gasteiger partial charge in [0.25, 0.3) is 0 Å². The predicted octanol–water partition coefficient (Wildman–Crippen LogP) is 5.94. The molecule has 0 unspecified atom stereocenters. The van der Waals surface area contributed by atoms with E-state index in [1.807, 2.05) is 6.07 Å². The van der Waals surface area contributed by atoms with Crippen LogP contribution in [0.4, 0.5) is 10.1 Å². The summed E-state index contributed by atoms with van der Waals surface area (Å²) < 4.78 is 20.8. The molecule has 2 aliphatic heterocycles. The number of carbonyl (C=O) groups is 2. The Kier molecular flexibility index (Phi) is 7.41. The maximum atomic E-state index is 16.2. The SMILES string of the molecule is CC1(C)CCC2(CC1)N[C@@H](C(=O)NC1CCC(c3noc(=O)[nH]3)CC1)[C@H](c1cccc(Cl)c1F)[C@]21C(=O)Nc2cc(Cl)ccc21. The molecule has 2 saturated carbocycles. The van der Waals surface area contributed by atoms with E-state index in [4.69, 9.17) is 23.2 Å². The normalized spacial score (nSPS) is 29.9. The lowest BCUT2D eigenvalue weighted by atomic mass is 9.53. The van der Waals surface area contributed by atoms with Gasteiger partial charge < -0.3 is 10.6 Å². The number of aromatic amines is 1. The third kappa shape index (κ3) is 4.82. The molecule has 7 rings (SSSR count). The van der Waals surface area contributed by atoms with Crippen molar-refractivity contribution in [2.24, 2.45) is 5.41 Å². The van der Waals surface area contributed by atoms with Crippen LogP contribution in [0.3, 0.4) is 0 Å². The van der Waals surface area contributed by atoms with E-state index in [9.17, 15) is 14.4 Å². The van der Waals surface area contributed by atoms with Gasteiger partial charge in [0.15, 0.2) is 5.82 Å². The summed E-state index contributed by atoms with van der Waals surface area (Å²) in [5.74, 6) is -2.10. The molecule has 0 bridgehead atoms. The van der Waals surface area contributed by atoms with Gasteiger partial charge >= 0.3 is 5.76 Å². The number of rotatable bonds is 4. The molecule has 2 aromatic carbocycles. The van der Waals surface area contributed by atoms with Crippen LogP contribution >= 0.6 is 23.2 Å². The molecular formula is C33H36Cl2FN5O4. The van der Waals surface area contributed by atoms with E-state index in [1.165, 1.54) is 6.07 Å². The van der Waals surface area contributed by atoms with Crippen molar-refractivity contribution in [3.63, 3.8) is 0 Å². The Morgan fingerprint density at radius 1 is 1.04 bits per heavy atom. The molecule has 2 amide bonds. The Bertz CT molecular complexity index is 1720. The Hall–Kier alpha value is -3.21. The van der Waals surface area contributed by atoms with Crippen LogP contribution in [-0.4, -0.2) is 39.6 Å². The highest BCUT2D eigenvalue weighted by Crippen LogP contribution is 2.64. The zero-order valence-electron chi connectivity index (χ0n) is 25.1. The van der Waals surface area contributed by atoms with Gasteiger partial charge in [0.2, 0.25) is 11.8 Å². The average molecular weight is 657 g/mol. The first-order valence-corrected chi connectivity index (χ1v) is 16.4. The van der Waals surface area contributed by atoms with E-state index in [1.54, 1.807) is 24.3 Å². The maximum Gasteiger partial charge on any atom is 0.438 e. The second-order valence-corrected chi connectivity index (χ2v) is 14.8. The van der Waals surface area contributed by atoms with E-state index >= 15 is 4.39 Å². The molecular weight excluding hydrogens is 620 g/mol. The summed E-state index contributed by atoms with van der Waals surface area (Å²) in [5, 5.41) is 14.3. The molecule has 3 heterocycles. The Balaban J connectivity index is 1.30. The largest absolute Gasteiger partial charge is 0.438 e. The van der Waals surface area contributed by atoms with Gasteiger partial charge in [-0.05, 0) is 86.1 Å². The van der Waals surface area contributed by atoms with Crippen LogP contribution in [0.1, 0.15) is 94.0 Å². The molecule has 3 aromatic rings. The van der Waals surface area contributed by atoms with Crippen molar-refractivity contribution in [2.75, 3.05) is 5.32 Å². The van der Waals surface area contributed by atoms with E-state index < -0.39 is 34.5 Å². The topological polar surface area (TPSA) is 129 Å². The van der Waals surface area contributed by atoms with Gasteiger partial charge in [-0.25, -0.2) is 9.18 Å². The van der Waals surface area contributed by atoms with Crippen molar-refractivity contribution in [3.05, 3.63) is 79.8 Å². The highest BCUT2D eigenvalue weighted by atomic mass is 35.5. The zero-order valence-corrected chi connectivity index (χ0v) is 26.7. The molecule has 2 spiro atoms. The summed E-state index contributed by atoms with van der Waals surface area (Å²) in [6.07, 6.45) is 5.64. The van der Waals surface area contributed by atoms with Gasteiger partial charge in [0.1, 0.15) is 11.2 Å². The molecule has 3 atom stereocenters. The number of hydrogen-bond acceptors (Lipinski definition) is 6. The average Bonchev–Trinajstić information content (AvgIpc) is 3.65. The van der Waals surface area contributed by atoms with Crippen LogP contribution in [0.15, 0.2) is 45.7 Å². The maximum absolute atomic E-state index is 16.2. The lowest BCUT2D eigenvalue weighted by molar-refractivity contribution is -0.125. The van der Waals surface area contributed by atoms with Crippen LogP contribution in [0.25, 0.3) is 0 Å². The van der Waals surface area contributed by atoms with Gasteiger partial charge in [-0.2, -0.15) is 0 Å². The monoisotopic (exact) mass is 655 g/mol. The molecule has 12 heteroatoms. The van der Waals surface area contributed by atoms with Crippen molar-refractivity contribution in [1.29, 1.82) is 0 Å². The minimum absolute atomic E-state index is 0.0326. The molecule has 1 aromatic heterocycles. The van der Waals surface area contributed by atoms with Gasteiger partial charge in [0, 0.05) is 34.1 Å². The van der Waals surface area contributed by atoms with Crippen molar-refractivity contribution in [3.8, 4) is 0 Å². The molecule has 3 fully saturated rings. The second kappa shape index (κ2) is 11.0. The molecule has 45 heavy (non-hydrogen) atoms. The van der Waals surface area contributed by atoms with Crippen LogP contribution in [0, 0.1) is 11.2 Å². The van der Waals surface area contributed by atoms with Crippen molar-refractivity contribution < 1.29 is 18.5 Å². The van der Waals surface area contributed by atoms with Crippen LogP contribution < -0.4 is 21.7 Å². The number of nitrogens with zero attached hydrogens (tertiary/aromatic N) is 1. The second-order valence-electron chi connectivity index (χ2n) is 14.0. The summed E-state index contributed by atoms with van der Waals surface area (Å²) in [6, 6.07) is 9.06. The van der Waals surface area contributed by atoms with Crippen molar-refractivity contribution >= 4 is 40.7 Å². The molecule has 4 aliphatic rings. The number of benzene rings is 2. The summed E-state index contributed by atoms with van der Waals surface area (Å²) >= 11 is 12.7. The van der Waals surface area contributed by atoms with Gasteiger partial charge in [0.05, 0.1) is 11.1 Å². The lowest BCUT2D eigenvalue weighted by Crippen LogP contribution is -2.61. The molecule has 2 aliphatic carbocycles. The van der Waals surface area contributed by atoms with E-state index in [0.717, 1.165) is 12.8 Å². The smallest absolute Gasteiger partial charge is 0.352 e. The van der Waals surface area contributed by atoms with Crippen molar-refractivity contribution in [2.45, 2.75) is 100 Å². The number of aromatic nitrogens is 2. The highest BCUT2D eigenvalue weighted by Gasteiger charge is 2.73. The Morgan fingerprint density at radius 2 is 1.78 bits per heavy atom. The first-order chi connectivity index (χ1) is 21.4. The summed E-state index contributed by atoms with van der Waals surface area (Å²) in [6.45, 7) is 4.43. The molecule has 1 saturated heterocycles. The number of carbonyl (C=O) groups excluding carboxylic acids is 2. The number of fused-ring (bicyclic) bond motifs is 3. The number of hydrogen-bond donors (Lipinski definition) is 4. The first-order valence-electron chi connectivity index (χ1n) is 15.6. The molecule has 0 radical (unpaired) electrons. The highest BCUT2D eigenvalue weighted by molar-refractivity contribution is 6.31. The molecule has 4 N–H and O–H groups in total. The molecule has 9 nitrogen and oxygen atoms in total. The number of H-pyrrole nitrogens is 1. The quantitative estimate of drug-likeness (QED) is 0.276. The number of nitrogens with one attached hydrogen (secondary N) is 4. The predicted molar refractivity (Wildman–Crippen MR) is 168 cm³/mol. The fourth-order valence-corrected chi connectivity index (χ4v) is 8.99. The number of amides is 2. The fraction of sp³-hybridized carbons (Fsp3) is 0.515. The van der Waals surface area contributed by atoms with Crippen molar-refractivity contribution in [1.82, 2.24) is 20.8 Å². The Labute approximate surface area is 270 Å². The minimum atomic E-state index is -1.30. The summed E-state index contributed by atoms with van der Waals surface area (Å²) in [7, 11) is 0. The van der Waals surface area contributed by atoms with Crippen LogP contribution in [0.5, 0.6) is 0 Å². The standard InChI is InChI=1S/C33H36Cl2FN5O4/c1-31(2)12-14-32(15-13-31)33(21-11-8-18(34)16-23(21)38-29(33)43)24(20-4-3-5-22(35)25(20)36)26(40-32)28(42)37-19-9-6-17(7-10-19)27-39-30(44)45-41-27/h3-5,8,11,16-17,19,24,26,40H,6-7,9-10,12-15H2,1-2H3,(H,37,42)(H,38,43)(H,39,41,44)/t17?,19?,24-,26+,33+/m0/s1. The van der Waals surface area contributed by atoms with E-state index in [2.05, 4.69) is 44.5 Å². The number of halogens is 3. The Morgan fingerprint density at radius 3 is 2.47 bits per heavy atom. The number of anilines is 1. The van der Waals surface area contributed by atoms with Gasteiger partial charge in [-0.1, -0.05) is 60.4 Å². The molecule has 238 valence electrons. The third-order valence-electron chi connectivity index (χ3n) is 11.0. The summed E-state index contributed by atoms with van der Waals surface area (Å²) in [4.78, 5) is 43.1. The van der Waals surface area contributed by atoms with Crippen LogP contribution in [-0.2, 0) is 15.0 Å². The first kappa shape index (κ1) is 30.4. The zero-order chi connectivity index (χ0) is 31.7. The van der Waals surface area contributed by atoms with E-state index in [-0.39, 0.29) is 39.8 Å². The van der Waals surface area contributed by atoms with Gasteiger partial charge in [-0.3, -0.25) is 24.4 Å².